The van der Waals surface area contributed by atoms with E-state index < -0.39 is 6.04 Å². The summed E-state index contributed by atoms with van der Waals surface area (Å²) in [5.41, 5.74) is 5.44. The standard InChI is InChI=1S/C28H28N4O2/c1-31-17-15-29-27(31)26(22-8-5-9-25(18-22)34-2)30-28(33)21-10-12-24(13-11-21)32-16-14-20-6-3-4-7-23(20)19-32/h3-13,15,17-18,26H,14,16,19H2,1-2H3,(H,30,33). The summed E-state index contributed by atoms with van der Waals surface area (Å²) in [5.74, 6) is 1.34. The molecule has 1 N–H and O–H groups in total. The van der Waals surface area contributed by atoms with Crippen LogP contribution in [0.25, 0.3) is 0 Å². The van der Waals surface area contributed by atoms with E-state index in [9.17, 15) is 4.79 Å². The first kappa shape index (κ1) is 21.8. The van der Waals surface area contributed by atoms with E-state index in [1.807, 2.05) is 66.3 Å². The van der Waals surface area contributed by atoms with Crippen LogP contribution >= 0.6 is 0 Å². The first-order valence-electron chi connectivity index (χ1n) is 11.5. The summed E-state index contributed by atoms with van der Waals surface area (Å²) in [4.78, 5) is 20.1. The molecule has 1 atom stereocenters. The first-order chi connectivity index (χ1) is 16.6. The Morgan fingerprint density at radius 1 is 1.03 bits per heavy atom. The zero-order valence-corrected chi connectivity index (χ0v) is 19.4. The van der Waals surface area contributed by atoms with Crippen molar-refractivity contribution < 1.29 is 9.53 Å². The number of nitrogens with one attached hydrogen (secondary N) is 1. The third-order valence-corrected chi connectivity index (χ3v) is 6.44. The summed E-state index contributed by atoms with van der Waals surface area (Å²) in [7, 11) is 3.56. The molecule has 4 aromatic rings. The van der Waals surface area contributed by atoms with Gasteiger partial charge in [0, 0.05) is 43.8 Å². The molecule has 0 bridgehead atoms. The van der Waals surface area contributed by atoms with Crippen molar-refractivity contribution in [1.29, 1.82) is 0 Å². The Bertz CT molecular complexity index is 1300. The van der Waals surface area contributed by atoms with Crippen LogP contribution < -0.4 is 15.0 Å². The van der Waals surface area contributed by atoms with Crippen molar-refractivity contribution in [3.05, 3.63) is 113 Å². The number of hydrogen-bond acceptors (Lipinski definition) is 4. The molecule has 5 rings (SSSR count). The van der Waals surface area contributed by atoms with Crippen molar-refractivity contribution in [3.8, 4) is 5.75 Å². The molecule has 0 radical (unpaired) electrons. The van der Waals surface area contributed by atoms with E-state index in [4.69, 9.17) is 4.74 Å². The third-order valence-electron chi connectivity index (χ3n) is 6.44. The van der Waals surface area contributed by atoms with Gasteiger partial charge in [-0.05, 0) is 59.5 Å². The molecule has 1 aliphatic heterocycles. The summed E-state index contributed by atoms with van der Waals surface area (Å²) in [6, 6.07) is 23.8. The highest BCUT2D eigenvalue weighted by Gasteiger charge is 2.22. The van der Waals surface area contributed by atoms with Gasteiger partial charge in [-0.3, -0.25) is 4.79 Å². The lowest BCUT2D eigenvalue weighted by Gasteiger charge is -2.30. The van der Waals surface area contributed by atoms with Crippen molar-refractivity contribution in [2.45, 2.75) is 19.0 Å². The molecule has 0 fully saturated rings. The number of hydrogen-bond donors (Lipinski definition) is 1. The molecule has 1 amide bonds. The molecule has 6 nitrogen and oxygen atoms in total. The fraction of sp³-hybridized carbons (Fsp3) is 0.214. The molecule has 1 aliphatic rings. The molecule has 3 aromatic carbocycles. The average Bonchev–Trinajstić information content (AvgIpc) is 3.32. The number of anilines is 1. The van der Waals surface area contributed by atoms with E-state index in [0.717, 1.165) is 42.3 Å². The van der Waals surface area contributed by atoms with Crippen molar-refractivity contribution >= 4 is 11.6 Å². The molecule has 2 heterocycles. The maximum absolute atomic E-state index is 13.2. The predicted octanol–water partition coefficient (Wildman–Crippen LogP) is 4.51. The van der Waals surface area contributed by atoms with Gasteiger partial charge < -0.3 is 19.5 Å². The van der Waals surface area contributed by atoms with E-state index in [1.165, 1.54) is 11.1 Å². The number of amides is 1. The topological polar surface area (TPSA) is 59.4 Å². The normalized spacial score (nSPS) is 13.8. The molecular weight excluding hydrogens is 424 g/mol. The fourth-order valence-electron chi connectivity index (χ4n) is 4.53. The molecule has 0 spiro atoms. The number of ether oxygens (including phenoxy) is 1. The lowest BCUT2D eigenvalue weighted by molar-refractivity contribution is 0.0941. The van der Waals surface area contributed by atoms with Crippen LogP contribution in [0.2, 0.25) is 0 Å². The van der Waals surface area contributed by atoms with Crippen LogP contribution in [0.3, 0.4) is 0 Å². The molecule has 0 aliphatic carbocycles. The molecule has 0 saturated heterocycles. The Kier molecular flexibility index (Phi) is 6.04. The minimum absolute atomic E-state index is 0.147. The molecule has 34 heavy (non-hydrogen) atoms. The lowest BCUT2D eigenvalue weighted by Crippen LogP contribution is -2.31. The molecule has 172 valence electrons. The second-order valence-corrected chi connectivity index (χ2v) is 8.57. The lowest BCUT2D eigenvalue weighted by atomic mass is 9.99. The SMILES string of the molecule is COc1cccc(C(NC(=O)c2ccc(N3CCc4ccccc4C3)cc2)c2nccn2C)c1. The summed E-state index contributed by atoms with van der Waals surface area (Å²) in [5, 5.41) is 3.16. The maximum Gasteiger partial charge on any atom is 0.252 e. The maximum atomic E-state index is 13.2. The highest BCUT2D eigenvalue weighted by molar-refractivity contribution is 5.95. The number of nitrogens with zero attached hydrogens (tertiary/aromatic N) is 3. The van der Waals surface area contributed by atoms with E-state index in [2.05, 4.69) is 39.5 Å². The van der Waals surface area contributed by atoms with Crippen LogP contribution in [-0.4, -0.2) is 29.1 Å². The van der Waals surface area contributed by atoms with Crippen molar-refractivity contribution in [2.24, 2.45) is 7.05 Å². The van der Waals surface area contributed by atoms with Crippen LogP contribution in [0, 0.1) is 0 Å². The number of imidazole rings is 1. The monoisotopic (exact) mass is 452 g/mol. The van der Waals surface area contributed by atoms with Gasteiger partial charge in [0.25, 0.3) is 5.91 Å². The zero-order chi connectivity index (χ0) is 23.5. The number of rotatable bonds is 6. The Labute approximate surface area is 199 Å². The number of fused-ring (bicyclic) bond motifs is 1. The van der Waals surface area contributed by atoms with Gasteiger partial charge in [-0.1, -0.05) is 36.4 Å². The summed E-state index contributed by atoms with van der Waals surface area (Å²) >= 11 is 0. The van der Waals surface area contributed by atoms with Gasteiger partial charge in [0.1, 0.15) is 17.6 Å². The van der Waals surface area contributed by atoms with E-state index in [-0.39, 0.29) is 5.91 Å². The highest BCUT2D eigenvalue weighted by atomic mass is 16.5. The van der Waals surface area contributed by atoms with E-state index >= 15 is 0 Å². The molecule has 6 heteroatoms. The van der Waals surface area contributed by atoms with E-state index in [0.29, 0.717) is 5.56 Å². The van der Waals surface area contributed by atoms with Crippen molar-refractivity contribution in [2.75, 3.05) is 18.6 Å². The quantitative estimate of drug-likeness (QED) is 0.468. The van der Waals surface area contributed by atoms with Gasteiger partial charge in [-0.25, -0.2) is 4.98 Å². The van der Waals surface area contributed by atoms with Crippen LogP contribution in [0.15, 0.2) is 85.2 Å². The third kappa shape index (κ3) is 4.39. The van der Waals surface area contributed by atoms with E-state index in [1.54, 1.807) is 13.3 Å². The average molecular weight is 453 g/mol. The molecular formula is C28H28N4O2. The number of methoxy groups -OCH3 is 1. The van der Waals surface area contributed by atoms with Crippen LogP contribution in [-0.2, 0) is 20.0 Å². The Hall–Kier alpha value is -4.06. The second-order valence-electron chi connectivity index (χ2n) is 8.57. The van der Waals surface area contributed by atoms with Gasteiger partial charge in [0.15, 0.2) is 0 Å². The summed E-state index contributed by atoms with van der Waals surface area (Å²) in [6.45, 7) is 1.86. The number of benzene rings is 3. The Balaban J connectivity index is 1.35. The number of aryl methyl sites for hydroxylation is 1. The number of aromatic nitrogens is 2. The highest BCUT2D eigenvalue weighted by Crippen LogP contribution is 2.27. The van der Waals surface area contributed by atoms with Crippen molar-refractivity contribution in [1.82, 2.24) is 14.9 Å². The van der Waals surface area contributed by atoms with Gasteiger partial charge in [0.2, 0.25) is 0 Å². The molecule has 1 unspecified atom stereocenters. The van der Waals surface area contributed by atoms with Gasteiger partial charge in [0.05, 0.1) is 7.11 Å². The number of carbonyl (C=O) groups excluding carboxylic acids is 1. The Morgan fingerprint density at radius 3 is 2.56 bits per heavy atom. The smallest absolute Gasteiger partial charge is 0.252 e. The van der Waals surface area contributed by atoms with Gasteiger partial charge >= 0.3 is 0 Å². The van der Waals surface area contributed by atoms with Crippen molar-refractivity contribution in [3.63, 3.8) is 0 Å². The fourth-order valence-corrected chi connectivity index (χ4v) is 4.53. The minimum atomic E-state index is -0.402. The number of carbonyl (C=O) groups is 1. The second kappa shape index (κ2) is 9.43. The molecule has 1 aromatic heterocycles. The predicted molar refractivity (Wildman–Crippen MR) is 133 cm³/mol. The summed E-state index contributed by atoms with van der Waals surface area (Å²) in [6.07, 6.45) is 4.64. The van der Waals surface area contributed by atoms with Gasteiger partial charge in [-0.15, -0.1) is 0 Å². The Morgan fingerprint density at radius 2 is 1.82 bits per heavy atom. The van der Waals surface area contributed by atoms with Crippen LogP contribution in [0.1, 0.15) is 38.9 Å². The molecule has 0 saturated carbocycles. The largest absolute Gasteiger partial charge is 0.497 e. The van der Waals surface area contributed by atoms with Crippen LogP contribution in [0.5, 0.6) is 5.75 Å². The first-order valence-corrected chi connectivity index (χ1v) is 11.5. The summed E-state index contributed by atoms with van der Waals surface area (Å²) < 4.78 is 7.31. The zero-order valence-electron chi connectivity index (χ0n) is 19.4. The van der Waals surface area contributed by atoms with Gasteiger partial charge in [-0.2, -0.15) is 0 Å². The van der Waals surface area contributed by atoms with Crippen LogP contribution in [0.4, 0.5) is 5.69 Å². The minimum Gasteiger partial charge on any atom is -0.497 e.